The Morgan fingerprint density at radius 1 is 0.298 bits per heavy atom. The fourth-order valence-electron chi connectivity index (χ4n) is 8.06. The molecule has 0 amide bonds. The van der Waals surface area contributed by atoms with Crippen LogP contribution in [0.3, 0.4) is 0 Å². The zero-order valence-electron chi connectivity index (χ0n) is 30.8. The minimum absolute atomic E-state index is 0.583. The van der Waals surface area contributed by atoms with Crippen molar-refractivity contribution in [2.75, 3.05) is 0 Å². The van der Waals surface area contributed by atoms with E-state index in [2.05, 4.69) is 176 Å². The molecule has 0 aliphatic carbocycles. The first-order chi connectivity index (χ1) is 28.2. The van der Waals surface area contributed by atoms with Crippen molar-refractivity contribution >= 4 is 43.5 Å². The molecule has 2 aromatic heterocycles. The lowest BCUT2D eigenvalue weighted by atomic mass is 9.92. The molecule has 11 aromatic rings. The molecule has 0 aliphatic heterocycles. The molecule has 57 heavy (non-hydrogen) atoms. The molecular weight excluding hydrogens is 695 g/mol. The Kier molecular flexibility index (Phi) is 7.78. The minimum atomic E-state index is 0.583. The predicted molar refractivity (Wildman–Crippen MR) is 235 cm³/mol. The van der Waals surface area contributed by atoms with Crippen LogP contribution in [0.5, 0.6) is 0 Å². The van der Waals surface area contributed by atoms with Crippen molar-refractivity contribution < 1.29 is 4.42 Å². The summed E-state index contributed by atoms with van der Waals surface area (Å²) in [7, 11) is 0. The second-order valence-corrected chi connectivity index (χ2v) is 14.4. The van der Waals surface area contributed by atoms with Gasteiger partial charge in [0.1, 0.15) is 11.2 Å². The third-order valence-corrected chi connectivity index (χ3v) is 10.9. The molecule has 0 saturated heterocycles. The summed E-state index contributed by atoms with van der Waals surface area (Å²) < 4.78 is 6.50. The summed E-state index contributed by atoms with van der Waals surface area (Å²) in [5, 5.41) is 6.54. The topological polar surface area (TPSA) is 51.8 Å². The van der Waals surface area contributed by atoms with E-state index in [0.717, 1.165) is 82.4 Å². The number of aromatic nitrogens is 3. The summed E-state index contributed by atoms with van der Waals surface area (Å²) in [6, 6.07) is 70.0. The van der Waals surface area contributed by atoms with Crippen LogP contribution in [-0.2, 0) is 0 Å². The van der Waals surface area contributed by atoms with Crippen molar-refractivity contribution in [3.05, 3.63) is 200 Å². The summed E-state index contributed by atoms with van der Waals surface area (Å²) >= 11 is 0. The number of hydrogen-bond acceptors (Lipinski definition) is 4. The van der Waals surface area contributed by atoms with Crippen LogP contribution in [0.15, 0.2) is 205 Å². The Labute approximate surface area is 329 Å². The summed E-state index contributed by atoms with van der Waals surface area (Å²) in [5.74, 6) is 1.79. The maximum Gasteiger partial charge on any atom is 0.165 e. The van der Waals surface area contributed by atoms with Crippen LogP contribution in [0.25, 0.3) is 111 Å². The zero-order valence-corrected chi connectivity index (χ0v) is 30.8. The predicted octanol–water partition coefficient (Wildman–Crippen LogP) is 14.1. The fourth-order valence-corrected chi connectivity index (χ4v) is 8.06. The highest BCUT2D eigenvalue weighted by atomic mass is 16.3. The first-order valence-electron chi connectivity index (χ1n) is 19.2. The van der Waals surface area contributed by atoms with Crippen molar-refractivity contribution in [1.82, 2.24) is 15.0 Å². The highest BCUT2D eigenvalue weighted by Gasteiger charge is 2.22. The Morgan fingerprint density at radius 2 is 0.807 bits per heavy atom. The van der Waals surface area contributed by atoms with Crippen molar-refractivity contribution in [2.24, 2.45) is 0 Å². The van der Waals surface area contributed by atoms with Crippen LogP contribution in [0.4, 0.5) is 0 Å². The van der Waals surface area contributed by atoms with E-state index in [0.29, 0.717) is 17.5 Å². The van der Waals surface area contributed by atoms with E-state index in [1.807, 2.05) is 24.3 Å². The van der Waals surface area contributed by atoms with Gasteiger partial charge in [-0.2, -0.15) is 0 Å². The fraction of sp³-hybridized carbons (Fsp3) is 0. The quantitative estimate of drug-likeness (QED) is 0.171. The van der Waals surface area contributed by atoms with Crippen LogP contribution >= 0.6 is 0 Å². The van der Waals surface area contributed by atoms with E-state index >= 15 is 0 Å². The maximum absolute atomic E-state index is 6.50. The van der Waals surface area contributed by atoms with Gasteiger partial charge in [-0.25, -0.2) is 15.0 Å². The first kappa shape index (κ1) is 32.7. The van der Waals surface area contributed by atoms with Crippen LogP contribution < -0.4 is 0 Å². The summed E-state index contributed by atoms with van der Waals surface area (Å²) in [5.41, 5.74) is 11.1. The second-order valence-electron chi connectivity index (χ2n) is 14.4. The standard InChI is InChI=1S/C53H33N3O/c1-3-12-34(13-4-1)38-18-11-19-42(31-38)45-28-29-48-49(46-20-9-10-21-47(46)57-48)50(45)53-55-51(43-26-22-36-16-7-8-17-37(36)32-43)54-52(56-53)44-27-25-40-30-39(23-24-41(40)33-44)35-14-5-2-6-15-35/h1-33H. The third kappa shape index (κ3) is 5.92. The molecule has 0 N–H and O–H groups in total. The minimum Gasteiger partial charge on any atom is -0.456 e. The molecule has 4 heteroatoms. The van der Waals surface area contributed by atoms with Gasteiger partial charge in [-0.15, -0.1) is 0 Å². The van der Waals surface area contributed by atoms with Crippen LogP contribution in [0.2, 0.25) is 0 Å². The van der Waals surface area contributed by atoms with Gasteiger partial charge in [-0.1, -0.05) is 158 Å². The number of fused-ring (bicyclic) bond motifs is 5. The van der Waals surface area contributed by atoms with Gasteiger partial charge in [0, 0.05) is 27.5 Å². The molecule has 0 aliphatic rings. The van der Waals surface area contributed by atoms with Crippen molar-refractivity contribution in [3.8, 4) is 67.5 Å². The molecular formula is C53H33N3O. The second kappa shape index (κ2) is 13.6. The van der Waals surface area contributed by atoms with E-state index in [1.54, 1.807) is 0 Å². The summed E-state index contributed by atoms with van der Waals surface area (Å²) in [4.78, 5) is 15.9. The maximum atomic E-state index is 6.50. The molecule has 0 fully saturated rings. The molecule has 4 nitrogen and oxygen atoms in total. The van der Waals surface area contributed by atoms with E-state index in [1.165, 1.54) is 11.1 Å². The van der Waals surface area contributed by atoms with Gasteiger partial charge in [0.15, 0.2) is 17.5 Å². The molecule has 0 radical (unpaired) electrons. The van der Waals surface area contributed by atoms with Crippen molar-refractivity contribution in [1.29, 1.82) is 0 Å². The van der Waals surface area contributed by atoms with E-state index in [4.69, 9.17) is 19.4 Å². The van der Waals surface area contributed by atoms with Gasteiger partial charge in [-0.3, -0.25) is 0 Å². The van der Waals surface area contributed by atoms with Gasteiger partial charge in [0.25, 0.3) is 0 Å². The van der Waals surface area contributed by atoms with Crippen molar-refractivity contribution in [3.63, 3.8) is 0 Å². The highest BCUT2D eigenvalue weighted by molar-refractivity contribution is 6.15. The number of benzene rings is 9. The molecule has 0 unspecified atom stereocenters. The summed E-state index contributed by atoms with van der Waals surface area (Å²) in [6.45, 7) is 0. The van der Waals surface area contributed by atoms with Gasteiger partial charge in [0.2, 0.25) is 0 Å². The van der Waals surface area contributed by atoms with Gasteiger partial charge < -0.3 is 4.42 Å². The average molecular weight is 728 g/mol. The highest BCUT2D eigenvalue weighted by Crippen LogP contribution is 2.43. The Bertz CT molecular complexity index is 3300. The van der Waals surface area contributed by atoms with Crippen LogP contribution in [0.1, 0.15) is 0 Å². The number of para-hydroxylation sites is 1. The zero-order chi connectivity index (χ0) is 37.7. The Hall–Kier alpha value is -7.69. The van der Waals surface area contributed by atoms with E-state index in [-0.39, 0.29) is 0 Å². The van der Waals surface area contributed by atoms with Gasteiger partial charge in [0.05, 0.1) is 0 Å². The SMILES string of the molecule is c1ccc(-c2cccc(-c3ccc4oc5ccccc5c4c3-c3nc(-c4ccc5ccccc5c4)nc(-c4ccc5cc(-c6ccccc6)ccc5c4)n3)c2)cc1. The average Bonchev–Trinajstić information content (AvgIpc) is 3.67. The van der Waals surface area contributed by atoms with E-state index < -0.39 is 0 Å². The van der Waals surface area contributed by atoms with Gasteiger partial charge in [-0.05, 0) is 97.4 Å². The number of furan rings is 1. The molecule has 0 atom stereocenters. The largest absolute Gasteiger partial charge is 0.456 e. The smallest absolute Gasteiger partial charge is 0.165 e. The Morgan fingerprint density at radius 3 is 1.53 bits per heavy atom. The lowest BCUT2D eigenvalue weighted by Crippen LogP contribution is -2.02. The Balaban J connectivity index is 1.16. The number of nitrogens with zero attached hydrogens (tertiary/aromatic N) is 3. The molecule has 9 aromatic carbocycles. The first-order valence-corrected chi connectivity index (χ1v) is 19.2. The van der Waals surface area contributed by atoms with Crippen LogP contribution in [-0.4, -0.2) is 15.0 Å². The molecule has 266 valence electrons. The molecule has 0 saturated carbocycles. The van der Waals surface area contributed by atoms with Gasteiger partial charge >= 0.3 is 0 Å². The number of hydrogen-bond donors (Lipinski definition) is 0. The number of rotatable bonds is 6. The molecule has 2 heterocycles. The lowest BCUT2D eigenvalue weighted by Gasteiger charge is -2.15. The molecule has 0 spiro atoms. The summed E-state index contributed by atoms with van der Waals surface area (Å²) in [6.07, 6.45) is 0. The van der Waals surface area contributed by atoms with Crippen LogP contribution in [0, 0.1) is 0 Å². The van der Waals surface area contributed by atoms with Crippen molar-refractivity contribution in [2.45, 2.75) is 0 Å². The molecule has 11 rings (SSSR count). The monoisotopic (exact) mass is 727 g/mol. The third-order valence-electron chi connectivity index (χ3n) is 10.9. The molecule has 0 bridgehead atoms. The lowest BCUT2D eigenvalue weighted by molar-refractivity contribution is 0.669. The normalized spacial score (nSPS) is 11.5. The van der Waals surface area contributed by atoms with E-state index in [9.17, 15) is 0 Å².